The third-order valence-corrected chi connectivity index (χ3v) is 7.00. The predicted octanol–water partition coefficient (Wildman–Crippen LogP) is 4.05. The van der Waals surface area contributed by atoms with E-state index in [0.717, 1.165) is 31.2 Å². The highest BCUT2D eigenvalue weighted by molar-refractivity contribution is 5.88. The third-order valence-electron chi connectivity index (χ3n) is 7.00. The van der Waals surface area contributed by atoms with Crippen LogP contribution < -0.4 is 0 Å². The zero-order valence-corrected chi connectivity index (χ0v) is 14.8. The second-order valence-corrected chi connectivity index (χ2v) is 8.17. The number of rotatable bonds is 4. The average Bonchev–Trinajstić information content (AvgIpc) is 3.03. The first-order valence-corrected chi connectivity index (χ1v) is 8.92. The molecule has 132 valence electrons. The maximum atomic E-state index is 11.8. The SMILES string of the molecule is CC1C(O)CC2(C)C(C(=O)O)=CCCC2C1(C)CCc1ccoc1. The Morgan fingerprint density at radius 2 is 2.17 bits per heavy atom. The van der Waals surface area contributed by atoms with E-state index in [-0.39, 0.29) is 17.3 Å². The van der Waals surface area contributed by atoms with Gasteiger partial charge in [-0.3, -0.25) is 0 Å². The molecule has 1 aromatic rings. The molecule has 0 spiro atoms. The number of fused-ring (bicyclic) bond motifs is 1. The molecule has 0 amide bonds. The van der Waals surface area contributed by atoms with Gasteiger partial charge in [0.1, 0.15) is 0 Å². The van der Waals surface area contributed by atoms with Crippen LogP contribution in [0.5, 0.6) is 0 Å². The first-order valence-electron chi connectivity index (χ1n) is 8.92. The largest absolute Gasteiger partial charge is 0.478 e. The molecule has 1 saturated carbocycles. The Bertz CT molecular complexity index is 632. The van der Waals surface area contributed by atoms with Crippen molar-refractivity contribution >= 4 is 5.97 Å². The molecule has 3 rings (SSSR count). The molecule has 1 heterocycles. The fourth-order valence-electron chi connectivity index (χ4n) is 5.39. The minimum atomic E-state index is -0.832. The molecule has 2 aliphatic carbocycles. The van der Waals surface area contributed by atoms with E-state index >= 15 is 0 Å². The number of hydrogen-bond acceptors (Lipinski definition) is 3. The van der Waals surface area contributed by atoms with E-state index in [1.807, 2.05) is 19.1 Å². The summed E-state index contributed by atoms with van der Waals surface area (Å²) in [5.41, 5.74) is 1.11. The number of aliphatic hydroxyl groups is 1. The lowest BCUT2D eigenvalue weighted by molar-refractivity contribution is -0.143. The van der Waals surface area contributed by atoms with Crippen molar-refractivity contribution in [2.75, 3.05) is 0 Å². The first kappa shape index (κ1) is 17.3. The monoisotopic (exact) mass is 332 g/mol. The van der Waals surface area contributed by atoms with E-state index in [2.05, 4.69) is 13.8 Å². The smallest absolute Gasteiger partial charge is 0.331 e. The number of carboxylic acids is 1. The number of aliphatic hydroxyl groups excluding tert-OH is 1. The average molecular weight is 332 g/mol. The van der Waals surface area contributed by atoms with E-state index in [0.29, 0.717) is 12.0 Å². The van der Waals surface area contributed by atoms with Crippen molar-refractivity contribution in [3.63, 3.8) is 0 Å². The number of allylic oxidation sites excluding steroid dienone is 1. The van der Waals surface area contributed by atoms with E-state index < -0.39 is 17.5 Å². The van der Waals surface area contributed by atoms with E-state index in [1.165, 1.54) is 0 Å². The van der Waals surface area contributed by atoms with Crippen molar-refractivity contribution < 1.29 is 19.4 Å². The van der Waals surface area contributed by atoms with Crippen LogP contribution in [0.15, 0.2) is 34.7 Å². The number of aryl methyl sites for hydroxylation is 1. The molecule has 4 nitrogen and oxygen atoms in total. The van der Waals surface area contributed by atoms with Crippen LogP contribution in [0.3, 0.4) is 0 Å². The van der Waals surface area contributed by atoms with Gasteiger partial charge in [-0.2, -0.15) is 0 Å². The van der Waals surface area contributed by atoms with Crippen LogP contribution in [-0.2, 0) is 11.2 Å². The summed E-state index contributed by atoms with van der Waals surface area (Å²) >= 11 is 0. The fraction of sp³-hybridized carbons (Fsp3) is 0.650. The quantitative estimate of drug-likeness (QED) is 0.873. The second kappa shape index (κ2) is 6.07. The van der Waals surface area contributed by atoms with Crippen LogP contribution in [-0.4, -0.2) is 22.3 Å². The highest BCUT2D eigenvalue weighted by atomic mass is 16.4. The standard InChI is InChI=1S/C20H28O4/c1-13-16(21)11-20(3)15(18(22)23)5-4-6-17(20)19(13,2)9-7-14-8-10-24-12-14/h5,8,10,12-13,16-17,21H,4,6-7,9,11H2,1-3H3,(H,22,23). The third kappa shape index (κ3) is 2.61. The van der Waals surface area contributed by atoms with Crippen molar-refractivity contribution in [3.8, 4) is 0 Å². The Hall–Kier alpha value is -1.55. The summed E-state index contributed by atoms with van der Waals surface area (Å²) in [6.45, 7) is 6.41. The number of aliphatic carboxylic acids is 1. The summed E-state index contributed by atoms with van der Waals surface area (Å²) in [7, 11) is 0. The highest BCUT2D eigenvalue weighted by Gasteiger charge is 2.57. The van der Waals surface area contributed by atoms with Crippen molar-refractivity contribution in [1.82, 2.24) is 0 Å². The molecule has 2 aliphatic rings. The second-order valence-electron chi connectivity index (χ2n) is 8.17. The first-order chi connectivity index (χ1) is 11.3. The molecule has 2 N–H and O–H groups in total. The van der Waals surface area contributed by atoms with E-state index in [4.69, 9.17) is 4.42 Å². The molecule has 0 bridgehead atoms. The van der Waals surface area contributed by atoms with Gasteiger partial charge in [0.2, 0.25) is 0 Å². The van der Waals surface area contributed by atoms with E-state index in [1.54, 1.807) is 12.5 Å². The van der Waals surface area contributed by atoms with Crippen molar-refractivity contribution in [2.24, 2.45) is 22.7 Å². The van der Waals surface area contributed by atoms with Crippen molar-refractivity contribution in [2.45, 2.75) is 59.0 Å². The van der Waals surface area contributed by atoms with Gasteiger partial charge in [-0.25, -0.2) is 4.79 Å². The van der Waals surface area contributed by atoms with Crippen LogP contribution in [0, 0.1) is 22.7 Å². The Morgan fingerprint density at radius 3 is 2.79 bits per heavy atom. The van der Waals surface area contributed by atoms with Gasteiger partial charge in [0, 0.05) is 11.0 Å². The summed E-state index contributed by atoms with van der Waals surface area (Å²) in [6, 6.07) is 1.98. The fourth-order valence-corrected chi connectivity index (χ4v) is 5.39. The molecule has 1 aromatic heterocycles. The molecular formula is C20H28O4. The summed E-state index contributed by atoms with van der Waals surface area (Å²) in [4.78, 5) is 11.8. The molecule has 5 atom stereocenters. The van der Waals surface area contributed by atoms with Gasteiger partial charge < -0.3 is 14.6 Å². The molecule has 4 heteroatoms. The van der Waals surface area contributed by atoms with Gasteiger partial charge in [-0.05, 0) is 61.0 Å². The van der Waals surface area contributed by atoms with Gasteiger partial charge >= 0.3 is 5.97 Å². The minimum absolute atomic E-state index is 0.0986. The van der Waals surface area contributed by atoms with Gasteiger partial charge in [-0.15, -0.1) is 0 Å². The molecule has 1 fully saturated rings. The number of hydrogen-bond donors (Lipinski definition) is 2. The summed E-state index contributed by atoms with van der Waals surface area (Å²) in [5, 5.41) is 20.4. The molecule has 5 unspecified atom stereocenters. The number of carboxylic acid groups (broad SMARTS) is 1. The van der Waals surface area contributed by atoms with Gasteiger partial charge in [-0.1, -0.05) is 26.8 Å². The van der Waals surface area contributed by atoms with Crippen LogP contribution in [0.2, 0.25) is 0 Å². The van der Waals surface area contributed by atoms with Crippen LogP contribution in [0.1, 0.15) is 52.0 Å². The lowest BCUT2D eigenvalue weighted by atomic mass is 9.46. The maximum absolute atomic E-state index is 11.8. The summed E-state index contributed by atoms with van der Waals surface area (Å²) < 4.78 is 5.17. The van der Waals surface area contributed by atoms with E-state index in [9.17, 15) is 15.0 Å². The predicted molar refractivity (Wildman–Crippen MR) is 91.5 cm³/mol. The maximum Gasteiger partial charge on any atom is 0.331 e. The Balaban J connectivity index is 1.94. The summed E-state index contributed by atoms with van der Waals surface area (Å²) in [5.74, 6) is -0.414. The molecule has 24 heavy (non-hydrogen) atoms. The normalized spacial score (nSPS) is 39.2. The number of furan rings is 1. The lowest BCUT2D eigenvalue weighted by Crippen LogP contribution is -2.56. The molecule has 0 saturated heterocycles. The Morgan fingerprint density at radius 1 is 1.42 bits per heavy atom. The summed E-state index contributed by atoms with van der Waals surface area (Å²) in [6.07, 6.45) is 9.03. The lowest BCUT2D eigenvalue weighted by Gasteiger charge is -2.59. The van der Waals surface area contributed by atoms with Gasteiger partial charge in [0.15, 0.2) is 0 Å². The molecule has 0 aromatic carbocycles. The zero-order valence-electron chi connectivity index (χ0n) is 14.8. The highest BCUT2D eigenvalue weighted by Crippen LogP contribution is 2.61. The minimum Gasteiger partial charge on any atom is -0.478 e. The Kier molecular flexibility index (Phi) is 4.37. The topological polar surface area (TPSA) is 70.7 Å². The molecular weight excluding hydrogens is 304 g/mol. The van der Waals surface area contributed by atoms with Crippen molar-refractivity contribution in [1.29, 1.82) is 0 Å². The zero-order chi connectivity index (χ0) is 17.5. The van der Waals surface area contributed by atoms with Crippen molar-refractivity contribution in [3.05, 3.63) is 35.8 Å². The van der Waals surface area contributed by atoms with Crippen LogP contribution in [0.25, 0.3) is 0 Å². The molecule has 0 aliphatic heterocycles. The molecule has 0 radical (unpaired) electrons. The van der Waals surface area contributed by atoms with Gasteiger partial charge in [0.25, 0.3) is 0 Å². The van der Waals surface area contributed by atoms with Crippen LogP contribution in [0.4, 0.5) is 0 Å². The van der Waals surface area contributed by atoms with Gasteiger partial charge in [0.05, 0.1) is 18.6 Å². The van der Waals surface area contributed by atoms with Crippen LogP contribution >= 0.6 is 0 Å². The Labute approximate surface area is 143 Å². The number of carbonyl (C=O) groups is 1.